The van der Waals surface area contributed by atoms with E-state index in [1.807, 2.05) is 12.1 Å². The summed E-state index contributed by atoms with van der Waals surface area (Å²) in [4.78, 5) is 25.2. The molecule has 2 aliphatic rings. The molecule has 8 nitrogen and oxygen atoms in total. The molecule has 0 bridgehead atoms. The van der Waals surface area contributed by atoms with Gasteiger partial charge in [-0.05, 0) is 49.1 Å². The van der Waals surface area contributed by atoms with E-state index >= 15 is 0 Å². The first-order valence-electron chi connectivity index (χ1n) is 11.4. The number of fused-ring (bicyclic) bond motifs is 3. The summed E-state index contributed by atoms with van der Waals surface area (Å²) in [6.45, 7) is 1.85. The first kappa shape index (κ1) is 23.7. The molecule has 2 aromatic carbocycles. The van der Waals surface area contributed by atoms with E-state index < -0.39 is 18.6 Å². The lowest BCUT2D eigenvalue weighted by molar-refractivity contribution is -0.274. The standard InChI is InChI=1S/C25H22F3N3O5/c1-14(32)29-12-17-13-31(24(33)34-17)16-10-9-15-5-4-7-19-22(30-36-23(19)20(15)11-16)18-6-2-3-8-21(18)35-25(26,27)28/h2-3,6,8-11,17H,4-5,7,12-13H2,1H3,(H,29,32). The van der Waals surface area contributed by atoms with Crippen LogP contribution in [0.15, 0.2) is 47.0 Å². The molecule has 188 valence electrons. The Balaban J connectivity index is 1.49. The van der Waals surface area contributed by atoms with Gasteiger partial charge in [-0.25, -0.2) is 4.79 Å². The highest BCUT2D eigenvalue weighted by Crippen LogP contribution is 2.42. The Morgan fingerprint density at radius 1 is 1.19 bits per heavy atom. The predicted octanol–water partition coefficient (Wildman–Crippen LogP) is 4.86. The highest BCUT2D eigenvalue weighted by molar-refractivity contribution is 5.91. The summed E-state index contributed by atoms with van der Waals surface area (Å²) in [5, 5.41) is 6.77. The lowest BCUT2D eigenvalue weighted by atomic mass is 9.99. The third kappa shape index (κ3) is 4.73. The summed E-state index contributed by atoms with van der Waals surface area (Å²) in [5.41, 5.74) is 3.42. The summed E-state index contributed by atoms with van der Waals surface area (Å²) in [7, 11) is 0. The Kier molecular flexibility index (Phi) is 6.07. The Morgan fingerprint density at radius 2 is 2.00 bits per heavy atom. The van der Waals surface area contributed by atoms with Gasteiger partial charge >= 0.3 is 12.5 Å². The van der Waals surface area contributed by atoms with E-state index in [2.05, 4.69) is 15.2 Å². The molecule has 2 heterocycles. The minimum atomic E-state index is -4.85. The number of carbonyl (C=O) groups excluding carboxylic acids is 2. The van der Waals surface area contributed by atoms with Crippen LogP contribution < -0.4 is 15.0 Å². The van der Waals surface area contributed by atoms with Crippen molar-refractivity contribution in [2.45, 2.75) is 38.7 Å². The van der Waals surface area contributed by atoms with E-state index in [-0.39, 0.29) is 30.3 Å². The summed E-state index contributed by atoms with van der Waals surface area (Å²) >= 11 is 0. The summed E-state index contributed by atoms with van der Waals surface area (Å²) in [6.07, 6.45) is -3.87. The van der Waals surface area contributed by atoms with Gasteiger partial charge in [-0.1, -0.05) is 23.4 Å². The van der Waals surface area contributed by atoms with Crippen molar-refractivity contribution in [3.63, 3.8) is 0 Å². The number of anilines is 1. The Bertz CT molecular complexity index is 1320. The molecule has 1 aliphatic carbocycles. The van der Waals surface area contributed by atoms with E-state index in [1.54, 1.807) is 12.1 Å². The number of amides is 2. The van der Waals surface area contributed by atoms with Crippen molar-refractivity contribution in [3.05, 3.63) is 53.6 Å². The van der Waals surface area contributed by atoms with Gasteiger partial charge in [0.25, 0.3) is 0 Å². The van der Waals surface area contributed by atoms with Crippen molar-refractivity contribution >= 4 is 17.7 Å². The van der Waals surface area contributed by atoms with Crippen LogP contribution in [0, 0.1) is 0 Å². The van der Waals surface area contributed by atoms with Gasteiger partial charge in [0.2, 0.25) is 5.91 Å². The van der Waals surface area contributed by atoms with Crippen LogP contribution in [0.5, 0.6) is 5.75 Å². The third-order valence-corrected chi connectivity index (χ3v) is 6.13. The summed E-state index contributed by atoms with van der Waals surface area (Å²) < 4.78 is 54.2. The van der Waals surface area contributed by atoms with Crippen molar-refractivity contribution in [2.75, 3.05) is 18.0 Å². The molecule has 1 saturated heterocycles. The lowest BCUT2D eigenvalue weighted by Crippen LogP contribution is -2.33. The molecule has 1 aromatic heterocycles. The van der Waals surface area contributed by atoms with E-state index in [1.165, 1.54) is 30.0 Å². The minimum absolute atomic E-state index is 0.184. The van der Waals surface area contributed by atoms with Crippen molar-refractivity contribution < 1.29 is 36.8 Å². The molecular formula is C25H22F3N3O5. The maximum Gasteiger partial charge on any atom is 0.573 e. The van der Waals surface area contributed by atoms with Crippen LogP contribution in [0.2, 0.25) is 0 Å². The number of alkyl halides is 3. The quantitative estimate of drug-likeness (QED) is 0.537. The maximum absolute atomic E-state index is 13.0. The van der Waals surface area contributed by atoms with Gasteiger partial charge < -0.3 is 19.3 Å². The second-order valence-electron chi connectivity index (χ2n) is 8.63. The molecule has 1 fully saturated rings. The van der Waals surface area contributed by atoms with Crippen molar-refractivity contribution in [1.82, 2.24) is 10.5 Å². The molecule has 1 atom stereocenters. The fourth-order valence-corrected chi connectivity index (χ4v) is 4.55. The molecule has 1 aliphatic heterocycles. The number of nitrogens with one attached hydrogen (secondary N) is 1. The number of benzene rings is 2. The van der Waals surface area contributed by atoms with E-state index in [4.69, 9.17) is 9.26 Å². The molecule has 0 radical (unpaired) electrons. The number of nitrogens with zero attached hydrogens (tertiary/aromatic N) is 2. The van der Waals surface area contributed by atoms with Gasteiger partial charge in [0.15, 0.2) is 5.76 Å². The second-order valence-corrected chi connectivity index (χ2v) is 8.63. The van der Waals surface area contributed by atoms with Crippen LogP contribution in [-0.2, 0) is 22.4 Å². The number of halogens is 3. The van der Waals surface area contributed by atoms with E-state index in [0.29, 0.717) is 34.7 Å². The van der Waals surface area contributed by atoms with E-state index in [9.17, 15) is 22.8 Å². The molecule has 0 saturated carbocycles. The minimum Gasteiger partial charge on any atom is -0.442 e. The normalized spacial score (nSPS) is 17.2. The maximum atomic E-state index is 13.0. The van der Waals surface area contributed by atoms with Crippen LogP contribution in [0.25, 0.3) is 22.6 Å². The molecule has 36 heavy (non-hydrogen) atoms. The zero-order valence-electron chi connectivity index (χ0n) is 19.2. The number of aryl methyl sites for hydroxylation is 1. The molecule has 1 N–H and O–H groups in total. The molecule has 3 aromatic rings. The largest absolute Gasteiger partial charge is 0.573 e. The highest BCUT2D eigenvalue weighted by Gasteiger charge is 2.35. The zero-order valence-corrected chi connectivity index (χ0v) is 19.2. The predicted molar refractivity (Wildman–Crippen MR) is 122 cm³/mol. The van der Waals surface area contributed by atoms with Crippen LogP contribution in [0.3, 0.4) is 0 Å². The first-order valence-corrected chi connectivity index (χ1v) is 11.4. The van der Waals surface area contributed by atoms with Crippen molar-refractivity contribution in [1.29, 1.82) is 0 Å². The SMILES string of the molecule is CC(=O)NCC1CN(c2ccc3c(c2)-c2onc(-c4ccccc4OC(F)(F)F)c2CCC3)C(=O)O1. The monoisotopic (exact) mass is 501 g/mol. The molecule has 2 amide bonds. The van der Waals surface area contributed by atoms with E-state index in [0.717, 1.165) is 18.4 Å². The number of hydrogen-bond acceptors (Lipinski definition) is 6. The molecule has 5 rings (SSSR count). The number of ether oxygens (including phenoxy) is 2. The average Bonchev–Trinajstić information content (AvgIpc) is 3.35. The number of cyclic esters (lactones) is 1. The number of aromatic nitrogens is 1. The Labute approximate surface area is 204 Å². The van der Waals surface area contributed by atoms with Crippen LogP contribution in [0.4, 0.5) is 23.7 Å². The van der Waals surface area contributed by atoms with Gasteiger partial charge in [0.1, 0.15) is 17.5 Å². The van der Waals surface area contributed by atoms with Crippen molar-refractivity contribution in [2.24, 2.45) is 0 Å². The molecule has 1 unspecified atom stereocenters. The fraction of sp³-hybridized carbons (Fsp3) is 0.320. The van der Waals surface area contributed by atoms with Gasteiger partial charge in [0.05, 0.1) is 13.1 Å². The number of para-hydroxylation sites is 1. The van der Waals surface area contributed by atoms with Gasteiger partial charge in [-0.3, -0.25) is 9.69 Å². The van der Waals surface area contributed by atoms with Crippen LogP contribution in [0.1, 0.15) is 24.5 Å². The lowest BCUT2D eigenvalue weighted by Gasteiger charge is -2.15. The number of rotatable bonds is 5. The second kappa shape index (κ2) is 9.21. The number of hydrogen-bond donors (Lipinski definition) is 1. The highest BCUT2D eigenvalue weighted by atomic mass is 19.4. The summed E-state index contributed by atoms with van der Waals surface area (Å²) in [6, 6.07) is 11.3. The van der Waals surface area contributed by atoms with Crippen molar-refractivity contribution in [3.8, 4) is 28.3 Å². The number of carbonyl (C=O) groups is 2. The topological polar surface area (TPSA) is 93.9 Å². The Morgan fingerprint density at radius 3 is 2.78 bits per heavy atom. The molecule has 0 spiro atoms. The van der Waals surface area contributed by atoms with Gasteiger partial charge in [-0.2, -0.15) is 0 Å². The van der Waals surface area contributed by atoms with Gasteiger partial charge in [-0.15, -0.1) is 13.2 Å². The zero-order chi connectivity index (χ0) is 25.4. The van der Waals surface area contributed by atoms with Crippen LogP contribution >= 0.6 is 0 Å². The van der Waals surface area contributed by atoms with Gasteiger partial charge in [0, 0.05) is 29.3 Å². The third-order valence-electron chi connectivity index (χ3n) is 6.13. The molecule has 11 heteroatoms. The fourth-order valence-electron chi connectivity index (χ4n) is 4.55. The Hall–Kier alpha value is -4.02. The smallest absolute Gasteiger partial charge is 0.442 e. The molecular weight excluding hydrogens is 479 g/mol. The first-order chi connectivity index (χ1) is 17.2. The summed E-state index contributed by atoms with van der Waals surface area (Å²) in [5.74, 6) is -0.127. The average molecular weight is 501 g/mol. The van der Waals surface area contributed by atoms with Crippen LogP contribution in [-0.4, -0.2) is 42.7 Å².